The van der Waals surface area contributed by atoms with E-state index in [-0.39, 0.29) is 11.7 Å². The fourth-order valence-corrected chi connectivity index (χ4v) is 2.38. The van der Waals surface area contributed by atoms with E-state index < -0.39 is 0 Å². The van der Waals surface area contributed by atoms with Gasteiger partial charge in [-0.3, -0.25) is 14.6 Å². The number of hydrogen-bond acceptors (Lipinski definition) is 3. The van der Waals surface area contributed by atoms with E-state index >= 15 is 0 Å². The van der Waals surface area contributed by atoms with E-state index in [1.165, 1.54) is 0 Å². The molecule has 0 atom stereocenters. The highest BCUT2D eigenvalue weighted by Crippen LogP contribution is 2.24. The molecular weight excluding hydrogens is 252 g/mol. The van der Waals surface area contributed by atoms with Crippen LogP contribution < -0.4 is 5.32 Å². The zero-order chi connectivity index (χ0) is 13.9. The third-order valence-corrected chi connectivity index (χ3v) is 3.42. The summed E-state index contributed by atoms with van der Waals surface area (Å²) in [5.41, 5.74) is 3.04. The predicted octanol–water partition coefficient (Wildman–Crippen LogP) is 2.59. The van der Waals surface area contributed by atoms with Crippen LogP contribution in [0, 0.1) is 0 Å². The quantitative estimate of drug-likeness (QED) is 0.850. The number of carbonyl (C=O) groups excluding carboxylic acids is 2. The van der Waals surface area contributed by atoms with Gasteiger partial charge in [0.25, 0.3) is 0 Å². The summed E-state index contributed by atoms with van der Waals surface area (Å²) in [5.74, 6) is -0.00782. The Morgan fingerprint density at radius 2 is 2.05 bits per heavy atom. The number of aromatic nitrogens is 1. The molecule has 0 fully saturated rings. The fourth-order valence-electron chi connectivity index (χ4n) is 2.38. The molecule has 0 saturated carbocycles. The highest BCUT2D eigenvalue weighted by molar-refractivity contribution is 6.09. The Balaban J connectivity index is 1.95. The van der Waals surface area contributed by atoms with Crippen LogP contribution >= 0.6 is 0 Å². The van der Waals surface area contributed by atoms with Gasteiger partial charge in [0, 0.05) is 35.6 Å². The number of rotatable bonds is 2. The number of amides is 1. The molecule has 3 rings (SSSR count). The van der Waals surface area contributed by atoms with Gasteiger partial charge in [-0.1, -0.05) is 0 Å². The maximum Gasteiger partial charge on any atom is 0.224 e. The summed E-state index contributed by atoms with van der Waals surface area (Å²) in [6.45, 7) is 0. The number of ketones is 1. The van der Waals surface area contributed by atoms with Gasteiger partial charge in [-0.15, -0.1) is 0 Å². The molecule has 0 unspecified atom stereocenters. The number of benzene rings is 1. The third-order valence-electron chi connectivity index (χ3n) is 3.42. The Labute approximate surface area is 116 Å². The van der Waals surface area contributed by atoms with Crippen LogP contribution in [0.15, 0.2) is 42.7 Å². The van der Waals surface area contributed by atoms with Gasteiger partial charge in [0.15, 0.2) is 5.78 Å². The van der Waals surface area contributed by atoms with Gasteiger partial charge in [0.1, 0.15) is 0 Å². The van der Waals surface area contributed by atoms with E-state index in [2.05, 4.69) is 10.3 Å². The average molecular weight is 266 g/mol. The smallest absolute Gasteiger partial charge is 0.224 e. The Morgan fingerprint density at radius 1 is 1.15 bits per heavy atom. The minimum atomic E-state index is -0.0449. The molecule has 0 saturated heterocycles. The van der Waals surface area contributed by atoms with Crippen LogP contribution in [0.25, 0.3) is 0 Å². The summed E-state index contributed by atoms with van der Waals surface area (Å²) in [5, 5.41) is 2.87. The van der Waals surface area contributed by atoms with Crippen molar-refractivity contribution in [2.75, 3.05) is 5.32 Å². The molecule has 2 aromatic rings. The normalized spacial score (nSPS) is 14.1. The van der Waals surface area contributed by atoms with Crippen LogP contribution in [0.1, 0.15) is 34.3 Å². The Bertz CT molecular complexity index is 665. The molecule has 1 aromatic carbocycles. The molecule has 20 heavy (non-hydrogen) atoms. The van der Waals surface area contributed by atoms with Gasteiger partial charge in [-0.05, 0) is 48.7 Å². The molecule has 1 N–H and O–H groups in total. The lowest BCUT2D eigenvalue weighted by atomic mass is 9.99. The predicted molar refractivity (Wildman–Crippen MR) is 75.7 cm³/mol. The Kier molecular flexibility index (Phi) is 3.29. The van der Waals surface area contributed by atoms with Crippen LogP contribution in [-0.4, -0.2) is 16.7 Å². The lowest BCUT2D eigenvalue weighted by Gasteiger charge is -2.08. The monoisotopic (exact) mass is 266 g/mol. The summed E-state index contributed by atoms with van der Waals surface area (Å²) in [4.78, 5) is 27.8. The largest absolute Gasteiger partial charge is 0.326 e. The third kappa shape index (κ3) is 2.45. The van der Waals surface area contributed by atoms with Crippen molar-refractivity contribution in [2.24, 2.45) is 0 Å². The van der Waals surface area contributed by atoms with Gasteiger partial charge in [-0.25, -0.2) is 0 Å². The molecule has 1 aliphatic rings. The highest BCUT2D eigenvalue weighted by atomic mass is 16.1. The molecule has 1 aromatic heterocycles. The number of aryl methyl sites for hydroxylation is 1. The number of hydrogen-bond donors (Lipinski definition) is 1. The topological polar surface area (TPSA) is 59.1 Å². The summed E-state index contributed by atoms with van der Waals surface area (Å²) in [7, 11) is 0. The van der Waals surface area contributed by atoms with Crippen LogP contribution in [0.5, 0.6) is 0 Å². The molecule has 0 bridgehead atoms. The lowest BCUT2D eigenvalue weighted by Crippen LogP contribution is -2.09. The van der Waals surface area contributed by atoms with Crippen molar-refractivity contribution >= 4 is 17.4 Å². The first-order valence-electron chi connectivity index (χ1n) is 6.61. The van der Waals surface area contributed by atoms with Crippen molar-refractivity contribution < 1.29 is 9.59 Å². The molecule has 0 spiro atoms. The summed E-state index contributed by atoms with van der Waals surface area (Å²) in [6, 6.07) is 8.93. The van der Waals surface area contributed by atoms with Gasteiger partial charge in [0.2, 0.25) is 5.91 Å². The lowest BCUT2D eigenvalue weighted by molar-refractivity contribution is -0.116. The number of pyridine rings is 1. The van der Waals surface area contributed by atoms with Crippen molar-refractivity contribution in [3.05, 3.63) is 59.4 Å². The van der Waals surface area contributed by atoms with E-state index in [9.17, 15) is 9.59 Å². The van der Waals surface area contributed by atoms with Crippen LogP contribution in [-0.2, 0) is 11.2 Å². The molecule has 100 valence electrons. The molecular formula is C16H14N2O2. The Morgan fingerprint density at radius 3 is 2.85 bits per heavy atom. The standard InChI is InChI=1S/C16H14N2O2/c19-15-5-1-3-11-9-12(6-7-14(11)18-15)16(20)13-4-2-8-17-10-13/h2,4,6-10H,1,3,5H2,(H,18,19). The summed E-state index contributed by atoms with van der Waals surface area (Å²) in [6.07, 6.45) is 5.35. The first kappa shape index (κ1) is 12.5. The molecule has 4 heteroatoms. The zero-order valence-corrected chi connectivity index (χ0v) is 10.9. The molecule has 0 radical (unpaired) electrons. The van der Waals surface area contributed by atoms with Crippen molar-refractivity contribution in [1.29, 1.82) is 0 Å². The molecule has 1 aliphatic heterocycles. The van der Waals surface area contributed by atoms with E-state index in [0.717, 1.165) is 24.1 Å². The number of carbonyl (C=O) groups is 2. The van der Waals surface area contributed by atoms with E-state index in [4.69, 9.17) is 0 Å². The van der Waals surface area contributed by atoms with Gasteiger partial charge in [0.05, 0.1) is 0 Å². The fraction of sp³-hybridized carbons (Fsp3) is 0.188. The summed E-state index contributed by atoms with van der Waals surface area (Å²) < 4.78 is 0. The maximum absolute atomic E-state index is 12.4. The second kappa shape index (κ2) is 5.25. The second-order valence-corrected chi connectivity index (χ2v) is 4.84. The number of anilines is 1. The minimum absolute atomic E-state index is 0.0371. The van der Waals surface area contributed by atoms with E-state index in [1.807, 2.05) is 12.1 Å². The van der Waals surface area contributed by atoms with Crippen molar-refractivity contribution in [2.45, 2.75) is 19.3 Å². The van der Waals surface area contributed by atoms with Crippen LogP contribution in [0.4, 0.5) is 5.69 Å². The maximum atomic E-state index is 12.4. The first-order chi connectivity index (χ1) is 9.74. The highest BCUT2D eigenvalue weighted by Gasteiger charge is 2.16. The molecule has 4 nitrogen and oxygen atoms in total. The average Bonchev–Trinajstić information content (AvgIpc) is 2.67. The van der Waals surface area contributed by atoms with E-state index in [1.54, 1.807) is 30.6 Å². The second-order valence-electron chi connectivity index (χ2n) is 4.84. The zero-order valence-electron chi connectivity index (χ0n) is 10.9. The SMILES string of the molecule is O=C1CCCc2cc(C(=O)c3cccnc3)ccc2N1. The number of nitrogens with one attached hydrogen (secondary N) is 1. The Hall–Kier alpha value is -2.49. The number of fused-ring (bicyclic) bond motifs is 1. The molecule has 0 aliphatic carbocycles. The van der Waals surface area contributed by atoms with Crippen molar-refractivity contribution in [3.8, 4) is 0 Å². The number of nitrogens with zero attached hydrogens (tertiary/aromatic N) is 1. The van der Waals surface area contributed by atoms with Gasteiger partial charge < -0.3 is 5.32 Å². The summed E-state index contributed by atoms with van der Waals surface area (Å²) >= 11 is 0. The van der Waals surface area contributed by atoms with Gasteiger partial charge in [-0.2, -0.15) is 0 Å². The van der Waals surface area contributed by atoms with Crippen LogP contribution in [0.3, 0.4) is 0 Å². The minimum Gasteiger partial charge on any atom is -0.326 e. The molecule has 1 amide bonds. The van der Waals surface area contributed by atoms with Gasteiger partial charge >= 0.3 is 0 Å². The first-order valence-corrected chi connectivity index (χ1v) is 6.61. The van der Waals surface area contributed by atoms with Crippen molar-refractivity contribution in [3.63, 3.8) is 0 Å². The van der Waals surface area contributed by atoms with Crippen LogP contribution in [0.2, 0.25) is 0 Å². The molecule has 2 heterocycles. The van der Waals surface area contributed by atoms with E-state index in [0.29, 0.717) is 17.5 Å². The van der Waals surface area contributed by atoms with Crippen molar-refractivity contribution in [1.82, 2.24) is 4.98 Å².